The lowest BCUT2D eigenvalue weighted by molar-refractivity contribution is -0.120. The second kappa shape index (κ2) is 7.04. The summed E-state index contributed by atoms with van der Waals surface area (Å²) in [5, 5.41) is 9.87. The number of thioether (sulfide) groups is 1. The summed E-state index contributed by atoms with van der Waals surface area (Å²) < 4.78 is 1.68. The number of hydrogen-bond donors (Lipinski definition) is 2. The van der Waals surface area contributed by atoms with Gasteiger partial charge in [0.2, 0.25) is 5.91 Å². The van der Waals surface area contributed by atoms with Crippen molar-refractivity contribution in [2.75, 3.05) is 0 Å². The van der Waals surface area contributed by atoms with Crippen LogP contribution in [0.25, 0.3) is 0 Å². The summed E-state index contributed by atoms with van der Waals surface area (Å²) in [7, 11) is 0. The summed E-state index contributed by atoms with van der Waals surface area (Å²) in [6.07, 6.45) is 2.69. The van der Waals surface area contributed by atoms with Crippen LogP contribution in [0.1, 0.15) is 37.8 Å². The lowest BCUT2D eigenvalue weighted by Gasteiger charge is -2.14. The van der Waals surface area contributed by atoms with E-state index in [1.165, 1.54) is 11.8 Å². The molecule has 122 valence electrons. The van der Waals surface area contributed by atoms with Crippen LogP contribution in [0.5, 0.6) is 0 Å². The van der Waals surface area contributed by atoms with Crippen LogP contribution in [0.3, 0.4) is 0 Å². The first kappa shape index (κ1) is 15.9. The van der Waals surface area contributed by atoms with Gasteiger partial charge in [0, 0.05) is 12.6 Å². The molecule has 1 amide bonds. The first-order valence-electron chi connectivity index (χ1n) is 7.84. The Morgan fingerprint density at radius 3 is 2.83 bits per heavy atom. The fourth-order valence-corrected chi connectivity index (χ4v) is 3.43. The molecule has 0 aliphatic heterocycles. The number of hydrogen-bond acceptors (Lipinski definition) is 4. The zero-order chi connectivity index (χ0) is 16.2. The van der Waals surface area contributed by atoms with E-state index in [0.717, 1.165) is 18.4 Å². The lowest BCUT2D eigenvalue weighted by Crippen LogP contribution is -2.32. The fraction of sp³-hybridized carbons (Fsp3) is 0.438. The van der Waals surface area contributed by atoms with Gasteiger partial charge < -0.3 is 5.32 Å². The molecule has 0 spiro atoms. The zero-order valence-corrected chi connectivity index (χ0v) is 13.8. The average molecular weight is 332 g/mol. The quantitative estimate of drug-likeness (QED) is 0.761. The number of H-pyrrole nitrogens is 1. The maximum absolute atomic E-state index is 12.4. The maximum atomic E-state index is 12.4. The van der Waals surface area contributed by atoms with Crippen molar-refractivity contribution in [1.29, 1.82) is 0 Å². The van der Waals surface area contributed by atoms with E-state index in [2.05, 4.69) is 15.5 Å². The number of carbonyl (C=O) groups is 1. The molecule has 1 heterocycles. The van der Waals surface area contributed by atoms with Crippen LogP contribution >= 0.6 is 11.8 Å². The molecule has 2 N–H and O–H groups in total. The second-order valence-electron chi connectivity index (χ2n) is 5.63. The minimum Gasteiger partial charge on any atom is -0.351 e. The SMILES string of the molecule is CC[C@@H](Sc1n[nH]c(=O)n1C1CC1)C(=O)NCc1ccccc1. The summed E-state index contributed by atoms with van der Waals surface area (Å²) in [6, 6.07) is 10.1. The number of amides is 1. The van der Waals surface area contributed by atoms with E-state index in [1.54, 1.807) is 4.57 Å². The maximum Gasteiger partial charge on any atom is 0.344 e. The van der Waals surface area contributed by atoms with Crippen LogP contribution in [0.4, 0.5) is 0 Å². The van der Waals surface area contributed by atoms with Crippen LogP contribution in [0, 0.1) is 0 Å². The number of benzene rings is 1. The van der Waals surface area contributed by atoms with Gasteiger partial charge in [-0.15, -0.1) is 5.10 Å². The monoisotopic (exact) mass is 332 g/mol. The largest absolute Gasteiger partial charge is 0.351 e. The molecule has 6 nitrogen and oxygen atoms in total. The van der Waals surface area contributed by atoms with E-state index in [4.69, 9.17) is 0 Å². The van der Waals surface area contributed by atoms with Gasteiger partial charge in [-0.1, -0.05) is 49.0 Å². The minimum absolute atomic E-state index is 0.0286. The van der Waals surface area contributed by atoms with Crippen molar-refractivity contribution in [1.82, 2.24) is 20.1 Å². The number of nitrogens with one attached hydrogen (secondary N) is 2. The summed E-state index contributed by atoms with van der Waals surface area (Å²) >= 11 is 1.36. The Balaban J connectivity index is 1.63. The van der Waals surface area contributed by atoms with E-state index in [1.807, 2.05) is 37.3 Å². The Hall–Kier alpha value is -2.02. The highest BCUT2D eigenvalue weighted by Crippen LogP contribution is 2.37. The van der Waals surface area contributed by atoms with E-state index in [0.29, 0.717) is 18.1 Å². The number of rotatable bonds is 7. The molecule has 1 atom stereocenters. The molecule has 1 aromatic carbocycles. The molecule has 1 aliphatic rings. The Morgan fingerprint density at radius 1 is 1.43 bits per heavy atom. The fourth-order valence-electron chi connectivity index (χ4n) is 2.38. The molecule has 0 unspecified atom stereocenters. The van der Waals surface area contributed by atoms with Crippen LogP contribution < -0.4 is 11.0 Å². The Morgan fingerprint density at radius 2 is 2.17 bits per heavy atom. The number of carbonyl (C=O) groups excluding carboxylic acids is 1. The van der Waals surface area contributed by atoms with Crippen molar-refractivity contribution in [3.63, 3.8) is 0 Å². The molecule has 1 saturated carbocycles. The Labute approximate surface area is 138 Å². The van der Waals surface area contributed by atoms with Crippen LogP contribution in [0.2, 0.25) is 0 Å². The number of aromatic amines is 1. The molecule has 7 heteroatoms. The van der Waals surface area contributed by atoms with Gasteiger partial charge in [-0.25, -0.2) is 9.89 Å². The number of nitrogens with zero attached hydrogens (tertiary/aromatic N) is 2. The van der Waals surface area contributed by atoms with Gasteiger partial charge in [-0.3, -0.25) is 9.36 Å². The van der Waals surface area contributed by atoms with Gasteiger partial charge in [0.05, 0.1) is 5.25 Å². The van der Waals surface area contributed by atoms with Crippen LogP contribution in [0.15, 0.2) is 40.3 Å². The van der Waals surface area contributed by atoms with Crippen molar-refractivity contribution < 1.29 is 4.79 Å². The third kappa shape index (κ3) is 3.85. The molecule has 2 aromatic rings. The minimum atomic E-state index is -0.258. The van der Waals surface area contributed by atoms with Gasteiger partial charge in [0.1, 0.15) is 0 Å². The van der Waals surface area contributed by atoms with Crippen molar-refractivity contribution in [2.24, 2.45) is 0 Å². The Kier molecular flexibility index (Phi) is 4.85. The highest BCUT2D eigenvalue weighted by atomic mass is 32.2. The Bertz CT molecular complexity index is 721. The molecular weight excluding hydrogens is 312 g/mol. The third-order valence-electron chi connectivity index (χ3n) is 3.80. The molecule has 0 bridgehead atoms. The second-order valence-corrected chi connectivity index (χ2v) is 6.80. The van der Waals surface area contributed by atoms with Crippen molar-refractivity contribution in [3.05, 3.63) is 46.4 Å². The highest BCUT2D eigenvalue weighted by molar-refractivity contribution is 8.00. The van der Waals surface area contributed by atoms with E-state index < -0.39 is 0 Å². The van der Waals surface area contributed by atoms with Gasteiger partial charge in [-0.05, 0) is 24.8 Å². The van der Waals surface area contributed by atoms with Gasteiger partial charge >= 0.3 is 5.69 Å². The highest BCUT2D eigenvalue weighted by Gasteiger charge is 2.30. The molecule has 0 saturated heterocycles. The summed E-state index contributed by atoms with van der Waals surface area (Å²) in [5.41, 5.74) is 0.880. The van der Waals surface area contributed by atoms with E-state index in [9.17, 15) is 9.59 Å². The first-order chi connectivity index (χ1) is 11.2. The first-order valence-corrected chi connectivity index (χ1v) is 8.72. The molecule has 1 aliphatic carbocycles. The van der Waals surface area contributed by atoms with Gasteiger partial charge in [0.15, 0.2) is 5.16 Å². The van der Waals surface area contributed by atoms with Crippen LogP contribution in [-0.4, -0.2) is 25.9 Å². The number of aromatic nitrogens is 3. The molecule has 3 rings (SSSR count). The predicted octanol–water partition coefficient (Wildman–Crippen LogP) is 2.09. The molecule has 1 aromatic heterocycles. The normalized spacial score (nSPS) is 15.3. The summed E-state index contributed by atoms with van der Waals surface area (Å²) in [6.45, 7) is 2.47. The predicted molar refractivity (Wildman–Crippen MR) is 89.3 cm³/mol. The summed E-state index contributed by atoms with van der Waals surface area (Å²) in [4.78, 5) is 24.2. The molecule has 1 fully saturated rings. The molecular formula is C16H20N4O2S. The summed E-state index contributed by atoms with van der Waals surface area (Å²) in [5.74, 6) is -0.0286. The van der Waals surface area contributed by atoms with Crippen molar-refractivity contribution >= 4 is 17.7 Å². The molecule has 0 radical (unpaired) electrons. The topological polar surface area (TPSA) is 79.8 Å². The van der Waals surface area contributed by atoms with Crippen molar-refractivity contribution in [3.8, 4) is 0 Å². The van der Waals surface area contributed by atoms with E-state index >= 15 is 0 Å². The van der Waals surface area contributed by atoms with E-state index in [-0.39, 0.29) is 22.9 Å². The zero-order valence-electron chi connectivity index (χ0n) is 13.0. The lowest BCUT2D eigenvalue weighted by atomic mass is 10.2. The third-order valence-corrected chi connectivity index (χ3v) is 5.14. The molecule has 23 heavy (non-hydrogen) atoms. The van der Waals surface area contributed by atoms with Gasteiger partial charge in [-0.2, -0.15) is 0 Å². The van der Waals surface area contributed by atoms with Crippen molar-refractivity contribution in [2.45, 2.75) is 49.2 Å². The van der Waals surface area contributed by atoms with Gasteiger partial charge in [0.25, 0.3) is 0 Å². The van der Waals surface area contributed by atoms with Crippen LogP contribution in [-0.2, 0) is 11.3 Å². The standard InChI is InChI=1S/C16H20N4O2S/c1-2-13(14(21)17-10-11-6-4-3-5-7-11)23-16-19-18-15(22)20(16)12-8-9-12/h3-7,12-13H,2,8-10H2,1H3,(H,17,21)(H,18,22)/t13-/m1/s1. The average Bonchev–Trinajstić information content (AvgIpc) is 3.34. The smallest absolute Gasteiger partial charge is 0.344 e.